The molecule has 0 saturated carbocycles. The second-order valence-electron chi connectivity index (χ2n) is 5.89. The fourth-order valence-electron chi connectivity index (χ4n) is 3.00. The number of anilines is 1. The van der Waals surface area contributed by atoms with Gasteiger partial charge in [-0.05, 0) is 30.3 Å². The van der Waals surface area contributed by atoms with Crippen LogP contribution in [-0.2, 0) is 7.05 Å². The molecular formula is C20H14N2O4. The molecule has 2 heterocycles. The summed E-state index contributed by atoms with van der Waals surface area (Å²) in [5.74, 6) is -0.424. The highest BCUT2D eigenvalue weighted by Gasteiger charge is 2.16. The predicted molar refractivity (Wildman–Crippen MR) is 99.6 cm³/mol. The van der Waals surface area contributed by atoms with Gasteiger partial charge < -0.3 is 14.3 Å². The van der Waals surface area contributed by atoms with E-state index in [4.69, 9.17) is 4.42 Å². The molecule has 0 aliphatic rings. The summed E-state index contributed by atoms with van der Waals surface area (Å²) in [4.78, 5) is 37.4. The van der Waals surface area contributed by atoms with Gasteiger partial charge in [-0.1, -0.05) is 30.3 Å². The molecule has 128 valence electrons. The van der Waals surface area contributed by atoms with Crippen molar-refractivity contribution < 1.29 is 9.21 Å². The number of amides is 1. The molecule has 0 saturated heterocycles. The van der Waals surface area contributed by atoms with Crippen molar-refractivity contribution in [2.45, 2.75) is 0 Å². The second-order valence-corrected chi connectivity index (χ2v) is 5.89. The maximum Gasteiger partial charge on any atom is 0.345 e. The van der Waals surface area contributed by atoms with Gasteiger partial charge in [-0.25, -0.2) is 4.79 Å². The largest absolute Gasteiger partial charge is 0.422 e. The number of rotatable bonds is 2. The first-order chi connectivity index (χ1) is 12.6. The quantitative estimate of drug-likeness (QED) is 0.447. The molecule has 6 nitrogen and oxygen atoms in total. The van der Waals surface area contributed by atoms with Gasteiger partial charge in [0.25, 0.3) is 11.5 Å². The Balaban J connectivity index is 1.93. The van der Waals surface area contributed by atoms with Crippen LogP contribution in [0.3, 0.4) is 0 Å². The van der Waals surface area contributed by atoms with Crippen LogP contribution in [0.2, 0.25) is 0 Å². The number of aryl methyl sites for hydroxylation is 1. The maximum atomic E-state index is 12.7. The van der Waals surface area contributed by atoms with Crippen LogP contribution >= 0.6 is 0 Å². The molecule has 0 bridgehead atoms. The number of para-hydroxylation sites is 1. The zero-order valence-corrected chi connectivity index (χ0v) is 13.9. The standard InChI is InChI=1S/C20H14N2O4/c1-22-17-13-9-5-6-10-16(13)26-20(25)14(17)11-15(19(22)24)21-18(23)12-7-3-2-4-8-12/h2-11H,1H3,(H,21,23). The van der Waals surface area contributed by atoms with E-state index in [1.54, 1.807) is 61.6 Å². The molecule has 2 aromatic carbocycles. The minimum Gasteiger partial charge on any atom is -0.422 e. The van der Waals surface area contributed by atoms with Crippen molar-refractivity contribution in [3.63, 3.8) is 0 Å². The summed E-state index contributed by atoms with van der Waals surface area (Å²) in [6, 6.07) is 16.9. The molecule has 1 amide bonds. The first kappa shape index (κ1) is 15.8. The van der Waals surface area contributed by atoms with Gasteiger partial charge in [0.15, 0.2) is 0 Å². The van der Waals surface area contributed by atoms with Crippen molar-refractivity contribution >= 4 is 33.5 Å². The van der Waals surface area contributed by atoms with Crippen LogP contribution in [0.5, 0.6) is 0 Å². The molecule has 0 aliphatic heterocycles. The lowest BCUT2D eigenvalue weighted by Crippen LogP contribution is -2.25. The topological polar surface area (TPSA) is 81.3 Å². The molecule has 0 radical (unpaired) electrons. The summed E-state index contributed by atoms with van der Waals surface area (Å²) in [6.45, 7) is 0. The molecule has 4 aromatic rings. The molecule has 0 fully saturated rings. The van der Waals surface area contributed by atoms with Gasteiger partial charge in [-0.3, -0.25) is 9.59 Å². The Bertz CT molecular complexity index is 1270. The smallest absolute Gasteiger partial charge is 0.345 e. The lowest BCUT2D eigenvalue weighted by molar-refractivity contribution is 0.102. The Morgan fingerprint density at radius 3 is 2.42 bits per heavy atom. The first-order valence-corrected chi connectivity index (χ1v) is 7.98. The zero-order chi connectivity index (χ0) is 18.3. The minimum absolute atomic E-state index is 0.0245. The van der Waals surface area contributed by atoms with Crippen LogP contribution in [0.25, 0.3) is 21.9 Å². The van der Waals surface area contributed by atoms with E-state index >= 15 is 0 Å². The number of pyridine rings is 1. The van der Waals surface area contributed by atoms with E-state index in [1.807, 2.05) is 0 Å². The van der Waals surface area contributed by atoms with Crippen LogP contribution in [0, 0.1) is 0 Å². The number of carbonyl (C=O) groups is 1. The summed E-state index contributed by atoms with van der Waals surface area (Å²) in [6.07, 6.45) is 0. The van der Waals surface area contributed by atoms with Crippen molar-refractivity contribution in [1.29, 1.82) is 0 Å². The Labute approximate surface area is 147 Å². The number of nitrogens with zero attached hydrogens (tertiary/aromatic N) is 1. The van der Waals surface area contributed by atoms with E-state index in [-0.39, 0.29) is 11.1 Å². The van der Waals surface area contributed by atoms with E-state index in [2.05, 4.69) is 5.32 Å². The van der Waals surface area contributed by atoms with Gasteiger partial charge in [0.05, 0.1) is 10.9 Å². The number of benzene rings is 2. The van der Waals surface area contributed by atoms with Crippen LogP contribution in [-0.4, -0.2) is 10.5 Å². The van der Waals surface area contributed by atoms with Gasteiger partial charge in [0.2, 0.25) is 0 Å². The molecule has 2 aromatic heterocycles. The Kier molecular flexibility index (Phi) is 3.65. The van der Waals surface area contributed by atoms with E-state index < -0.39 is 17.1 Å². The molecule has 0 spiro atoms. The minimum atomic E-state index is -0.565. The van der Waals surface area contributed by atoms with Gasteiger partial charge in [0, 0.05) is 18.0 Å². The number of fused-ring (bicyclic) bond motifs is 3. The molecule has 1 N–H and O–H groups in total. The SMILES string of the molecule is Cn1c(=O)c(NC(=O)c2ccccc2)cc2c(=O)oc3ccccc3c21. The number of hydrogen-bond acceptors (Lipinski definition) is 4. The molecular weight excluding hydrogens is 332 g/mol. The first-order valence-electron chi connectivity index (χ1n) is 7.98. The van der Waals surface area contributed by atoms with E-state index in [0.29, 0.717) is 22.0 Å². The third kappa shape index (κ3) is 2.48. The predicted octanol–water partition coefficient (Wildman–Crippen LogP) is 2.90. The zero-order valence-electron chi connectivity index (χ0n) is 13.9. The third-order valence-electron chi connectivity index (χ3n) is 4.26. The summed E-state index contributed by atoms with van der Waals surface area (Å²) in [7, 11) is 1.56. The van der Waals surface area contributed by atoms with E-state index in [0.717, 1.165) is 0 Å². The number of aromatic nitrogens is 1. The summed E-state index contributed by atoms with van der Waals surface area (Å²) < 4.78 is 6.69. The Morgan fingerprint density at radius 1 is 0.962 bits per heavy atom. The second kappa shape index (κ2) is 6.00. The number of hydrogen-bond donors (Lipinski definition) is 1. The van der Waals surface area contributed by atoms with Crippen molar-refractivity contribution in [1.82, 2.24) is 4.57 Å². The monoisotopic (exact) mass is 346 g/mol. The van der Waals surface area contributed by atoms with Gasteiger partial charge in [0.1, 0.15) is 11.3 Å². The lowest BCUT2D eigenvalue weighted by atomic mass is 10.1. The highest BCUT2D eigenvalue weighted by atomic mass is 16.4. The Hall–Kier alpha value is -3.67. The molecule has 0 atom stereocenters. The summed E-state index contributed by atoms with van der Waals surface area (Å²) >= 11 is 0. The molecule has 6 heteroatoms. The van der Waals surface area contributed by atoms with Crippen LogP contribution in [0.4, 0.5) is 5.69 Å². The highest BCUT2D eigenvalue weighted by Crippen LogP contribution is 2.22. The van der Waals surface area contributed by atoms with Crippen molar-refractivity contribution in [2.24, 2.45) is 7.05 Å². The van der Waals surface area contributed by atoms with Crippen molar-refractivity contribution in [3.8, 4) is 0 Å². The fraction of sp³-hybridized carbons (Fsp3) is 0.0500. The summed E-state index contributed by atoms with van der Waals surface area (Å²) in [5.41, 5.74) is 0.347. The van der Waals surface area contributed by atoms with Crippen LogP contribution in [0.1, 0.15) is 10.4 Å². The third-order valence-corrected chi connectivity index (χ3v) is 4.26. The maximum absolute atomic E-state index is 12.7. The fourth-order valence-corrected chi connectivity index (χ4v) is 3.00. The highest BCUT2D eigenvalue weighted by molar-refractivity contribution is 6.06. The average molecular weight is 346 g/mol. The van der Waals surface area contributed by atoms with Crippen LogP contribution < -0.4 is 16.5 Å². The molecule has 26 heavy (non-hydrogen) atoms. The van der Waals surface area contributed by atoms with Gasteiger partial charge >= 0.3 is 5.63 Å². The number of nitrogens with one attached hydrogen (secondary N) is 1. The van der Waals surface area contributed by atoms with E-state index in [1.165, 1.54) is 10.6 Å². The van der Waals surface area contributed by atoms with Crippen molar-refractivity contribution in [2.75, 3.05) is 5.32 Å². The van der Waals surface area contributed by atoms with Crippen molar-refractivity contribution in [3.05, 3.63) is 87.0 Å². The molecule has 0 unspecified atom stereocenters. The normalized spacial score (nSPS) is 11.0. The number of carbonyl (C=O) groups excluding carboxylic acids is 1. The summed E-state index contributed by atoms with van der Waals surface area (Å²) in [5, 5.41) is 3.47. The average Bonchev–Trinajstić information content (AvgIpc) is 2.66. The van der Waals surface area contributed by atoms with Gasteiger partial charge in [-0.2, -0.15) is 0 Å². The van der Waals surface area contributed by atoms with Gasteiger partial charge in [-0.15, -0.1) is 0 Å². The van der Waals surface area contributed by atoms with Crippen LogP contribution in [0.15, 0.2) is 74.7 Å². The molecule has 4 rings (SSSR count). The van der Waals surface area contributed by atoms with E-state index in [9.17, 15) is 14.4 Å². The molecule has 0 aliphatic carbocycles. The Morgan fingerprint density at radius 2 is 1.65 bits per heavy atom. The lowest BCUT2D eigenvalue weighted by Gasteiger charge is -2.11.